The highest BCUT2D eigenvalue weighted by Gasteiger charge is 2.00. The fourth-order valence-electron chi connectivity index (χ4n) is 0.924. The summed E-state index contributed by atoms with van der Waals surface area (Å²) in [6, 6.07) is 6.98. The molecule has 1 aromatic carbocycles. The lowest BCUT2D eigenvalue weighted by Gasteiger charge is -1.97. The SMILES string of the molecule is BCc1cccc(C(=O)O)c1. The topological polar surface area (TPSA) is 37.3 Å². The van der Waals surface area contributed by atoms with Crippen LogP contribution in [0, 0.1) is 0 Å². The van der Waals surface area contributed by atoms with Gasteiger partial charge in [0, 0.05) is 0 Å². The van der Waals surface area contributed by atoms with Crippen LogP contribution in [0.3, 0.4) is 0 Å². The summed E-state index contributed by atoms with van der Waals surface area (Å²) in [5.41, 5.74) is 1.43. The Balaban J connectivity index is 3.01. The Morgan fingerprint density at radius 2 is 2.27 bits per heavy atom. The maximum absolute atomic E-state index is 10.5. The van der Waals surface area contributed by atoms with Gasteiger partial charge < -0.3 is 5.11 Å². The average Bonchev–Trinajstić information content (AvgIpc) is 2.05. The summed E-state index contributed by atoms with van der Waals surface area (Å²) < 4.78 is 0. The van der Waals surface area contributed by atoms with Crippen molar-refractivity contribution in [3.8, 4) is 0 Å². The second-order valence-corrected chi connectivity index (χ2v) is 2.36. The highest BCUT2D eigenvalue weighted by atomic mass is 16.4. The summed E-state index contributed by atoms with van der Waals surface area (Å²) in [4.78, 5) is 10.5. The van der Waals surface area contributed by atoms with Gasteiger partial charge in [-0.3, -0.25) is 0 Å². The van der Waals surface area contributed by atoms with Crippen LogP contribution in [0.15, 0.2) is 24.3 Å². The summed E-state index contributed by atoms with van der Waals surface area (Å²) in [6.07, 6.45) is 0.876. The van der Waals surface area contributed by atoms with Crippen LogP contribution < -0.4 is 0 Å². The van der Waals surface area contributed by atoms with Crippen LogP contribution in [-0.2, 0) is 6.32 Å². The molecular weight excluding hydrogens is 139 g/mol. The first kappa shape index (κ1) is 7.86. The van der Waals surface area contributed by atoms with E-state index in [0.717, 1.165) is 11.9 Å². The molecule has 2 nitrogen and oxygen atoms in total. The Bertz CT molecular complexity index is 271. The van der Waals surface area contributed by atoms with E-state index in [1.807, 2.05) is 13.9 Å². The summed E-state index contributed by atoms with van der Waals surface area (Å²) in [5.74, 6) is -0.861. The molecule has 0 aromatic heterocycles. The van der Waals surface area contributed by atoms with E-state index in [0.29, 0.717) is 5.56 Å². The van der Waals surface area contributed by atoms with Crippen LogP contribution in [0.2, 0.25) is 0 Å². The predicted molar refractivity (Wildman–Crippen MR) is 45.6 cm³/mol. The second-order valence-electron chi connectivity index (χ2n) is 2.36. The molecule has 1 N–H and O–H groups in total. The van der Waals surface area contributed by atoms with Gasteiger partial charge in [0.15, 0.2) is 0 Å². The van der Waals surface area contributed by atoms with Gasteiger partial charge in [0.05, 0.1) is 5.56 Å². The molecule has 0 saturated heterocycles. The normalized spacial score (nSPS) is 9.45. The number of carboxylic acids is 1. The molecular formula is C8H9BO2. The predicted octanol–water partition coefficient (Wildman–Crippen LogP) is 0.518. The number of benzene rings is 1. The van der Waals surface area contributed by atoms with Crippen molar-refractivity contribution >= 4 is 13.8 Å². The number of carboxylic acid groups (broad SMARTS) is 1. The van der Waals surface area contributed by atoms with Gasteiger partial charge in [-0.2, -0.15) is 0 Å². The van der Waals surface area contributed by atoms with E-state index in [2.05, 4.69) is 0 Å². The second kappa shape index (κ2) is 3.24. The van der Waals surface area contributed by atoms with Gasteiger partial charge in [0.2, 0.25) is 0 Å². The molecule has 0 heterocycles. The Morgan fingerprint density at radius 1 is 1.55 bits per heavy atom. The molecule has 0 saturated carbocycles. The third-order valence-electron chi connectivity index (χ3n) is 1.58. The smallest absolute Gasteiger partial charge is 0.335 e. The third-order valence-corrected chi connectivity index (χ3v) is 1.58. The Morgan fingerprint density at radius 3 is 2.82 bits per heavy atom. The van der Waals surface area contributed by atoms with Gasteiger partial charge >= 0.3 is 5.97 Å². The molecule has 0 amide bonds. The molecule has 11 heavy (non-hydrogen) atoms. The highest BCUT2D eigenvalue weighted by Crippen LogP contribution is 2.04. The van der Waals surface area contributed by atoms with Gasteiger partial charge in [0.1, 0.15) is 7.85 Å². The van der Waals surface area contributed by atoms with E-state index in [1.54, 1.807) is 18.2 Å². The molecule has 0 radical (unpaired) electrons. The molecule has 1 rings (SSSR count). The summed E-state index contributed by atoms with van der Waals surface area (Å²) >= 11 is 0. The van der Waals surface area contributed by atoms with Gasteiger partial charge in [-0.1, -0.05) is 24.0 Å². The Kier molecular flexibility index (Phi) is 2.31. The van der Waals surface area contributed by atoms with E-state index < -0.39 is 5.97 Å². The van der Waals surface area contributed by atoms with Crippen molar-refractivity contribution in [1.82, 2.24) is 0 Å². The summed E-state index contributed by atoms with van der Waals surface area (Å²) in [6.45, 7) is 0. The first-order chi connectivity index (χ1) is 5.24. The van der Waals surface area contributed by atoms with Crippen LogP contribution in [0.25, 0.3) is 0 Å². The third kappa shape index (κ3) is 1.83. The van der Waals surface area contributed by atoms with E-state index in [-0.39, 0.29) is 0 Å². The van der Waals surface area contributed by atoms with Crippen molar-refractivity contribution in [2.75, 3.05) is 0 Å². The fraction of sp³-hybridized carbons (Fsp3) is 0.125. The van der Waals surface area contributed by atoms with Gasteiger partial charge in [-0.25, -0.2) is 4.79 Å². The average molecular weight is 148 g/mol. The molecule has 0 aliphatic heterocycles. The van der Waals surface area contributed by atoms with E-state index in [1.165, 1.54) is 0 Å². The Labute approximate surface area is 66.3 Å². The van der Waals surface area contributed by atoms with E-state index in [4.69, 9.17) is 5.11 Å². The monoisotopic (exact) mass is 148 g/mol. The van der Waals surface area contributed by atoms with Crippen LogP contribution in [-0.4, -0.2) is 18.9 Å². The molecule has 0 bridgehead atoms. The molecule has 0 fully saturated rings. The number of hydrogen-bond acceptors (Lipinski definition) is 1. The molecule has 56 valence electrons. The lowest BCUT2D eigenvalue weighted by Crippen LogP contribution is -1.96. The minimum absolute atomic E-state index is 0.365. The zero-order valence-corrected chi connectivity index (χ0v) is 6.37. The number of rotatable bonds is 2. The zero-order valence-electron chi connectivity index (χ0n) is 6.37. The molecule has 0 aliphatic rings. The number of hydrogen-bond donors (Lipinski definition) is 1. The first-order valence-electron chi connectivity index (χ1n) is 3.56. The maximum atomic E-state index is 10.5. The Hall–Kier alpha value is -1.25. The van der Waals surface area contributed by atoms with Crippen molar-refractivity contribution in [2.24, 2.45) is 0 Å². The molecule has 0 aliphatic carbocycles. The van der Waals surface area contributed by atoms with Crippen LogP contribution >= 0.6 is 0 Å². The van der Waals surface area contributed by atoms with Crippen molar-refractivity contribution in [3.05, 3.63) is 35.4 Å². The van der Waals surface area contributed by atoms with E-state index >= 15 is 0 Å². The molecule has 0 unspecified atom stereocenters. The van der Waals surface area contributed by atoms with Crippen LogP contribution in [0.4, 0.5) is 0 Å². The molecule has 1 aromatic rings. The molecule has 0 spiro atoms. The zero-order chi connectivity index (χ0) is 8.27. The van der Waals surface area contributed by atoms with Crippen molar-refractivity contribution in [1.29, 1.82) is 0 Å². The highest BCUT2D eigenvalue weighted by molar-refractivity contribution is 6.08. The number of carbonyl (C=O) groups is 1. The number of aromatic carboxylic acids is 1. The van der Waals surface area contributed by atoms with Crippen molar-refractivity contribution in [3.63, 3.8) is 0 Å². The van der Waals surface area contributed by atoms with Crippen molar-refractivity contribution in [2.45, 2.75) is 6.32 Å². The standard InChI is InChI=1S/C8H9BO2/c9-5-6-2-1-3-7(4-6)8(10)11/h1-4H,5,9H2,(H,10,11). The van der Waals surface area contributed by atoms with Crippen LogP contribution in [0.1, 0.15) is 15.9 Å². The van der Waals surface area contributed by atoms with Crippen LogP contribution in [0.5, 0.6) is 0 Å². The quantitative estimate of drug-likeness (QED) is 0.620. The molecule has 0 atom stereocenters. The fourth-order valence-corrected chi connectivity index (χ4v) is 0.924. The maximum Gasteiger partial charge on any atom is 0.335 e. The molecule has 3 heteroatoms. The summed E-state index contributed by atoms with van der Waals surface area (Å²) in [5, 5.41) is 8.60. The van der Waals surface area contributed by atoms with Crippen molar-refractivity contribution < 1.29 is 9.90 Å². The lowest BCUT2D eigenvalue weighted by molar-refractivity contribution is 0.0697. The lowest BCUT2D eigenvalue weighted by atomic mass is 9.96. The minimum Gasteiger partial charge on any atom is -0.478 e. The summed E-state index contributed by atoms with van der Waals surface area (Å²) in [7, 11) is 2.00. The van der Waals surface area contributed by atoms with Gasteiger partial charge in [0.25, 0.3) is 0 Å². The van der Waals surface area contributed by atoms with E-state index in [9.17, 15) is 4.79 Å². The minimum atomic E-state index is -0.861. The van der Waals surface area contributed by atoms with Gasteiger partial charge in [-0.15, -0.1) is 0 Å². The van der Waals surface area contributed by atoms with Gasteiger partial charge in [-0.05, 0) is 12.1 Å². The first-order valence-corrected chi connectivity index (χ1v) is 3.56. The largest absolute Gasteiger partial charge is 0.478 e.